The van der Waals surface area contributed by atoms with E-state index in [0.717, 1.165) is 31.0 Å². The number of ketones is 1. The van der Waals surface area contributed by atoms with Crippen LogP contribution in [0.4, 0.5) is 0 Å². The molecule has 0 radical (unpaired) electrons. The van der Waals surface area contributed by atoms with Crippen molar-refractivity contribution in [2.45, 2.75) is 26.3 Å². The summed E-state index contributed by atoms with van der Waals surface area (Å²) in [7, 11) is 3.32. The first-order valence-corrected chi connectivity index (χ1v) is 7.59. The van der Waals surface area contributed by atoms with Gasteiger partial charge in [-0.1, -0.05) is 13.8 Å². The monoisotopic (exact) mass is 289 g/mol. The normalized spacial score (nSPS) is 28.8. The van der Waals surface area contributed by atoms with E-state index in [0.29, 0.717) is 5.78 Å². The molecule has 1 aromatic carbocycles. The van der Waals surface area contributed by atoms with Crippen molar-refractivity contribution >= 4 is 5.78 Å². The number of carbonyl (C=O) groups excluding carboxylic acids is 1. The fourth-order valence-corrected chi connectivity index (χ4v) is 3.87. The lowest BCUT2D eigenvalue weighted by molar-refractivity contribution is -0.133. The molecule has 0 saturated carbocycles. The van der Waals surface area contributed by atoms with Crippen LogP contribution >= 0.6 is 0 Å². The minimum atomic E-state index is 0.0332. The van der Waals surface area contributed by atoms with Gasteiger partial charge in [0.05, 0.1) is 14.2 Å². The van der Waals surface area contributed by atoms with Crippen LogP contribution in [-0.2, 0) is 11.2 Å². The molecule has 2 heterocycles. The summed E-state index contributed by atoms with van der Waals surface area (Å²) in [4.78, 5) is 14.8. The zero-order valence-corrected chi connectivity index (χ0v) is 13.2. The van der Waals surface area contributed by atoms with Gasteiger partial charge in [-0.05, 0) is 29.7 Å². The second-order valence-corrected chi connectivity index (χ2v) is 6.19. The molecule has 1 fully saturated rings. The third-order valence-electron chi connectivity index (χ3n) is 4.94. The first-order valence-electron chi connectivity index (χ1n) is 7.59. The number of ether oxygens (including phenoxy) is 2. The Bertz CT molecular complexity index is 569. The molecule has 3 rings (SSSR count). The standard InChI is InChI=1S/C17H23NO3/c1-10-9-18-6-5-12-7-14(20-3)15(21-4)8-13(12)16(18)11(2)17(10)19/h7-8,10-11,16H,5-6,9H2,1-4H3/t10?,11-,16-/m0/s1. The van der Waals surface area contributed by atoms with Crippen LogP contribution in [0.2, 0.25) is 0 Å². The predicted molar refractivity (Wildman–Crippen MR) is 80.9 cm³/mol. The van der Waals surface area contributed by atoms with Crippen molar-refractivity contribution in [1.29, 1.82) is 0 Å². The van der Waals surface area contributed by atoms with Crippen molar-refractivity contribution in [3.05, 3.63) is 23.3 Å². The summed E-state index contributed by atoms with van der Waals surface area (Å²) in [6.45, 7) is 5.97. The summed E-state index contributed by atoms with van der Waals surface area (Å²) in [5.74, 6) is 2.06. The topological polar surface area (TPSA) is 38.8 Å². The molecular formula is C17H23NO3. The first-order chi connectivity index (χ1) is 10.1. The third-order valence-corrected chi connectivity index (χ3v) is 4.94. The molecule has 2 aliphatic rings. The quantitative estimate of drug-likeness (QED) is 0.838. The second kappa shape index (κ2) is 5.34. The van der Waals surface area contributed by atoms with E-state index >= 15 is 0 Å². The van der Waals surface area contributed by atoms with E-state index in [1.807, 2.05) is 6.92 Å². The molecule has 114 valence electrons. The lowest BCUT2D eigenvalue weighted by atomic mass is 9.77. The second-order valence-electron chi connectivity index (χ2n) is 6.19. The van der Waals surface area contributed by atoms with Crippen LogP contribution in [0.5, 0.6) is 11.5 Å². The smallest absolute Gasteiger partial charge is 0.161 e. The predicted octanol–water partition coefficient (Wildman–Crippen LogP) is 2.46. The lowest BCUT2D eigenvalue weighted by Gasteiger charge is -2.45. The van der Waals surface area contributed by atoms with E-state index in [1.165, 1.54) is 11.1 Å². The number of Topliss-reactive ketones (excluding diaryl/α,β-unsaturated/α-hetero) is 1. The number of piperidine rings is 1. The van der Waals surface area contributed by atoms with Gasteiger partial charge in [-0.15, -0.1) is 0 Å². The van der Waals surface area contributed by atoms with Crippen LogP contribution < -0.4 is 9.47 Å². The number of hydrogen-bond acceptors (Lipinski definition) is 4. The van der Waals surface area contributed by atoms with E-state index in [1.54, 1.807) is 14.2 Å². The molecule has 2 aliphatic heterocycles. The lowest BCUT2D eigenvalue weighted by Crippen LogP contribution is -2.49. The van der Waals surface area contributed by atoms with Gasteiger partial charge in [0, 0.05) is 31.0 Å². The highest BCUT2D eigenvalue weighted by atomic mass is 16.5. The zero-order chi connectivity index (χ0) is 15.1. The highest BCUT2D eigenvalue weighted by Gasteiger charge is 2.41. The largest absolute Gasteiger partial charge is 0.493 e. The number of carbonyl (C=O) groups is 1. The maximum absolute atomic E-state index is 12.4. The molecule has 1 saturated heterocycles. The van der Waals surface area contributed by atoms with Crippen molar-refractivity contribution in [1.82, 2.24) is 4.90 Å². The van der Waals surface area contributed by atoms with Gasteiger partial charge < -0.3 is 9.47 Å². The Morgan fingerprint density at radius 2 is 1.81 bits per heavy atom. The van der Waals surface area contributed by atoms with Crippen LogP contribution in [0.15, 0.2) is 12.1 Å². The fourth-order valence-electron chi connectivity index (χ4n) is 3.87. The van der Waals surface area contributed by atoms with Crippen molar-refractivity contribution in [2.24, 2.45) is 11.8 Å². The van der Waals surface area contributed by atoms with E-state index in [2.05, 4.69) is 24.0 Å². The Balaban J connectivity index is 2.06. The molecule has 0 aliphatic carbocycles. The maximum atomic E-state index is 12.4. The highest BCUT2D eigenvalue weighted by Crippen LogP contribution is 2.43. The van der Waals surface area contributed by atoms with Crippen molar-refractivity contribution in [3.63, 3.8) is 0 Å². The summed E-state index contributed by atoms with van der Waals surface area (Å²) < 4.78 is 10.8. The summed E-state index contributed by atoms with van der Waals surface area (Å²) in [5, 5.41) is 0. The zero-order valence-electron chi connectivity index (χ0n) is 13.2. The minimum absolute atomic E-state index is 0.0332. The molecule has 1 aromatic rings. The Morgan fingerprint density at radius 1 is 1.14 bits per heavy atom. The highest BCUT2D eigenvalue weighted by molar-refractivity contribution is 5.85. The first kappa shape index (κ1) is 14.4. The van der Waals surface area contributed by atoms with Gasteiger partial charge in [-0.2, -0.15) is 0 Å². The SMILES string of the molecule is COc1cc2c(cc1OC)[C@@H]1[C@H](C)C(=O)C(C)CN1CC2. The number of nitrogens with zero attached hydrogens (tertiary/aromatic N) is 1. The Hall–Kier alpha value is -1.55. The van der Waals surface area contributed by atoms with Crippen molar-refractivity contribution in [3.8, 4) is 11.5 Å². The van der Waals surface area contributed by atoms with Gasteiger partial charge in [-0.25, -0.2) is 0 Å². The van der Waals surface area contributed by atoms with Gasteiger partial charge in [0.2, 0.25) is 0 Å². The maximum Gasteiger partial charge on any atom is 0.161 e. The summed E-state index contributed by atoms with van der Waals surface area (Å²) in [6.07, 6.45) is 1.000. The van der Waals surface area contributed by atoms with Crippen LogP contribution in [0.3, 0.4) is 0 Å². The third kappa shape index (κ3) is 2.22. The van der Waals surface area contributed by atoms with Gasteiger partial charge in [-0.3, -0.25) is 9.69 Å². The summed E-state index contributed by atoms with van der Waals surface area (Å²) in [5.41, 5.74) is 2.51. The van der Waals surface area contributed by atoms with Crippen LogP contribution in [0.25, 0.3) is 0 Å². The van der Waals surface area contributed by atoms with Gasteiger partial charge >= 0.3 is 0 Å². The number of benzene rings is 1. The summed E-state index contributed by atoms with van der Waals surface area (Å²) in [6, 6.07) is 4.31. The van der Waals surface area contributed by atoms with Gasteiger partial charge in [0.15, 0.2) is 11.5 Å². The Kier molecular flexibility index (Phi) is 3.66. The van der Waals surface area contributed by atoms with E-state index < -0.39 is 0 Å². The van der Waals surface area contributed by atoms with Crippen LogP contribution in [0, 0.1) is 11.8 Å². The molecule has 0 amide bonds. The molecule has 3 atom stereocenters. The molecule has 1 unspecified atom stereocenters. The van der Waals surface area contributed by atoms with Gasteiger partial charge in [0.1, 0.15) is 5.78 Å². The number of hydrogen-bond donors (Lipinski definition) is 0. The van der Waals surface area contributed by atoms with Crippen LogP contribution in [-0.4, -0.2) is 38.0 Å². The Morgan fingerprint density at radius 3 is 2.48 bits per heavy atom. The van der Waals surface area contributed by atoms with E-state index in [4.69, 9.17) is 9.47 Å². The molecule has 0 N–H and O–H groups in total. The molecule has 21 heavy (non-hydrogen) atoms. The van der Waals surface area contributed by atoms with Crippen molar-refractivity contribution < 1.29 is 14.3 Å². The molecule has 4 nitrogen and oxygen atoms in total. The van der Waals surface area contributed by atoms with E-state index in [9.17, 15) is 4.79 Å². The van der Waals surface area contributed by atoms with Crippen molar-refractivity contribution in [2.75, 3.05) is 27.3 Å². The van der Waals surface area contributed by atoms with Gasteiger partial charge in [0.25, 0.3) is 0 Å². The minimum Gasteiger partial charge on any atom is -0.493 e. The average Bonchev–Trinajstić information content (AvgIpc) is 2.50. The summed E-state index contributed by atoms with van der Waals surface area (Å²) >= 11 is 0. The Labute approximate surface area is 126 Å². The number of methoxy groups -OCH3 is 2. The number of fused-ring (bicyclic) bond motifs is 3. The molecular weight excluding hydrogens is 266 g/mol. The fraction of sp³-hybridized carbons (Fsp3) is 0.588. The van der Waals surface area contributed by atoms with E-state index in [-0.39, 0.29) is 17.9 Å². The average molecular weight is 289 g/mol. The molecule has 0 bridgehead atoms. The number of rotatable bonds is 2. The molecule has 0 aromatic heterocycles. The van der Waals surface area contributed by atoms with Crippen LogP contribution in [0.1, 0.15) is 31.0 Å². The molecule has 0 spiro atoms. The molecule has 4 heteroatoms.